The molecule has 1 rings (SSSR count). The number of nitrogens with one attached hydrogen (secondary N) is 1. The third-order valence-corrected chi connectivity index (χ3v) is 3.20. The highest BCUT2D eigenvalue weighted by atomic mass is 16.5. The average Bonchev–Trinajstić information content (AvgIpc) is 2.51. The van der Waals surface area contributed by atoms with Gasteiger partial charge < -0.3 is 19.7 Å². The van der Waals surface area contributed by atoms with Crippen LogP contribution in [0.4, 0.5) is 0 Å². The normalized spacial score (nSPS) is 11.7. The Hall–Kier alpha value is -2.24. The second kappa shape index (κ2) is 9.02. The summed E-state index contributed by atoms with van der Waals surface area (Å²) in [6, 6.07) is 7.05. The number of carbonyl (C=O) groups is 2. The summed E-state index contributed by atoms with van der Waals surface area (Å²) < 4.78 is 10.7. The van der Waals surface area contributed by atoms with Gasteiger partial charge >= 0.3 is 0 Å². The van der Waals surface area contributed by atoms with Crippen LogP contribution in [0.1, 0.15) is 27.7 Å². The second-order valence-electron chi connectivity index (χ2n) is 5.51. The second-order valence-corrected chi connectivity index (χ2v) is 5.51. The molecular formula is C17H26N2O4. The van der Waals surface area contributed by atoms with Gasteiger partial charge in [0.15, 0.2) is 6.10 Å². The summed E-state index contributed by atoms with van der Waals surface area (Å²) in [4.78, 5) is 25.7. The number of hydrogen-bond acceptors (Lipinski definition) is 4. The van der Waals surface area contributed by atoms with E-state index in [4.69, 9.17) is 9.47 Å². The summed E-state index contributed by atoms with van der Waals surface area (Å²) in [5.74, 6) is 0.903. The molecule has 0 aliphatic rings. The Labute approximate surface area is 137 Å². The van der Waals surface area contributed by atoms with Gasteiger partial charge in [-0.3, -0.25) is 9.59 Å². The van der Waals surface area contributed by atoms with Crippen LogP contribution >= 0.6 is 0 Å². The van der Waals surface area contributed by atoms with Gasteiger partial charge in [0, 0.05) is 12.6 Å². The molecule has 128 valence electrons. The largest absolute Gasteiger partial charge is 0.497 e. The van der Waals surface area contributed by atoms with Gasteiger partial charge in [-0.25, -0.2) is 0 Å². The molecule has 0 saturated carbocycles. The number of amides is 2. The summed E-state index contributed by atoms with van der Waals surface area (Å²) in [5, 5.41) is 2.78. The Morgan fingerprint density at radius 3 is 2.17 bits per heavy atom. The molecule has 6 nitrogen and oxygen atoms in total. The minimum absolute atomic E-state index is 0.0316. The molecule has 0 aromatic heterocycles. The van der Waals surface area contributed by atoms with E-state index < -0.39 is 6.10 Å². The Kier molecular flexibility index (Phi) is 7.38. The first-order valence-corrected chi connectivity index (χ1v) is 7.76. The fourth-order valence-corrected chi connectivity index (χ4v) is 2.05. The van der Waals surface area contributed by atoms with Gasteiger partial charge in [-0.15, -0.1) is 0 Å². The minimum atomic E-state index is -0.671. The van der Waals surface area contributed by atoms with Crippen molar-refractivity contribution in [3.05, 3.63) is 24.3 Å². The van der Waals surface area contributed by atoms with Crippen LogP contribution < -0.4 is 14.8 Å². The topological polar surface area (TPSA) is 67.9 Å². The molecule has 1 aromatic carbocycles. The molecule has 0 spiro atoms. The predicted molar refractivity (Wildman–Crippen MR) is 88.6 cm³/mol. The molecule has 1 N–H and O–H groups in total. The molecule has 1 aromatic rings. The highest BCUT2D eigenvalue weighted by Crippen LogP contribution is 2.18. The summed E-state index contributed by atoms with van der Waals surface area (Å²) >= 11 is 0. The quantitative estimate of drug-likeness (QED) is 0.793. The van der Waals surface area contributed by atoms with Crippen molar-refractivity contribution in [3.8, 4) is 11.5 Å². The van der Waals surface area contributed by atoms with E-state index in [0.717, 1.165) is 5.75 Å². The maximum atomic E-state index is 12.4. The van der Waals surface area contributed by atoms with Gasteiger partial charge in [-0.1, -0.05) is 0 Å². The number of carbonyl (C=O) groups excluding carboxylic acids is 2. The van der Waals surface area contributed by atoms with Crippen molar-refractivity contribution in [2.75, 3.05) is 20.2 Å². The molecule has 0 heterocycles. The maximum Gasteiger partial charge on any atom is 0.263 e. The Bertz CT molecular complexity index is 514. The molecule has 0 saturated heterocycles. The number of ether oxygens (including phenoxy) is 2. The zero-order valence-electron chi connectivity index (χ0n) is 14.5. The summed E-state index contributed by atoms with van der Waals surface area (Å²) in [5.41, 5.74) is 0. The number of nitrogens with zero attached hydrogens (tertiary/aromatic N) is 1. The molecular weight excluding hydrogens is 296 g/mol. The molecule has 0 radical (unpaired) electrons. The summed E-state index contributed by atoms with van der Waals surface area (Å²) in [6.07, 6.45) is -0.671. The molecule has 2 amide bonds. The minimum Gasteiger partial charge on any atom is -0.497 e. The van der Waals surface area contributed by atoms with Crippen LogP contribution in [-0.2, 0) is 9.59 Å². The monoisotopic (exact) mass is 322 g/mol. The first kappa shape index (κ1) is 18.8. The summed E-state index contributed by atoms with van der Waals surface area (Å²) in [7, 11) is 1.59. The predicted octanol–water partition coefficient (Wildman–Crippen LogP) is 1.84. The fourth-order valence-electron chi connectivity index (χ4n) is 2.05. The third-order valence-electron chi connectivity index (χ3n) is 3.20. The van der Waals surface area contributed by atoms with E-state index in [1.807, 2.05) is 20.8 Å². The molecule has 0 aliphatic heterocycles. The van der Waals surface area contributed by atoms with Crippen LogP contribution in [0.25, 0.3) is 0 Å². The highest BCUT2D eigenvalue weighted by Gasteiger charge is 2.23. The summed E-state index contributed by atoms with van der Waals surface area (Å²) in [6.45, 7) is 7.75. The number of methoxy groups -OCH3 is 1. The molecule has 0 fully saturated rings. The van der Waals surface area contributed by atoms with Crippen LogP contribution in [0.3, 0.4) is 0 Å². The first-order chi connectivity index (χ1) is 10.9. The van der Waals surface area contributed by atoms with Crippen molar-refractivity contribution < 1.29 is 19.1 Å². The van der Waals surface area contributed by atoms with E-state index in [1.54, 1.807) is 38.3 Å². The van der Waals surface area contributed by atoms with Gasteiger partial charge in [0.1, 0.15) is 11.5 Å². The van der Waals surface area contributed by atoms with Crippen molar-refractivity contribution in [2.24, 2.45) is 0 Å². The van der Waals surface area contributed by atoms with Crippen molar-refractivity contribution in [3.63, 3.8) is 0 Å². The molecule has 1 atom stereocenters. The lowest BCUT2D eigenvalue weighted by Gasteiger charge is -2.24. The van der Waals surface area contributed by atoms with E-state index in [1.165, 1.54) is 4.90 Å². The lowest BCUT2D eigenvalue weighted by molar-refractivity contribution is -0.141. The molecule has 0 bridgehead atoms. The van der Waals surface area contributed by atoms with E-state index in [9.17, 15) is 9.59 Å². The number of rotatable bonds is 8. The SMILES string of the molecule is CCN(CC(=O)NC(C)C)C(=O)C(C)Oc1ccc(OC)cc1. The zero-order valence-corrected chi connectivity index (χ0v) is 14.5. The lowest BCUT2D eigenvalue weighted by Crippen LogP contribution is -2.46. The zero-order chi connectivity index (χ0) is 17.4. The van der Waals surface area contributed by atoms with Crippen LogP contribution in [-0.4, -0.2) is 49.1 Å². The number of likely N-dealkylation sites (N-methyl/N-ethyl adjacent to an activating group) is 1. The van der Waals surface area contributed by atoms with Crippen molar-refractivity contribution in [1.82, 2.24) is 10.2 Å². The van der Waals surface area contributed by atoms with Crippen LogP contribution in [0.15, 0.2) is 24.3 Å². The maximum absolute atomic E-state index is 12.4. The number of benzene rings is 1. The fraction of sp³-hybridized carbons (Fsp3) is 0.529. The standard InChI is InChI=1S/C17H26N2O4/c1-6-19(11-16(20)18-12(2)3)17(21)13(4)23-15-9-7-14(22-5)8-10-15/h7-10,12-13H,6,11H2,1-5H3,(H,18,20). The highest BCUT2D eigenvalue weighted by molar-refractivity contribution is 5.87. The van der Waals surface area contributed by atoms with Crippen LogP contribution in [0.5, 0.6) is 11.5 Å². The van der Waals surface area contributed by atoms with Gasteiger partial charge in [-0.05, 0) is 52.0 Å². The van der Waals surface area contributed by atoms with Crippen LogP contribution in [0, 0.1) is 0 Å². The molecule has 6 heteroatoms. The van der Waals surface area contributed by atoms with Crippen molar-refractivity contribution >= 4 is 11.8 Å². The van der Waals surface area contributed by atoms with Crippen molar-refractivity contribution in [2.45, 2.75) is 39.8 Å². The third kappa shape index (κ3) is 6.18. The Morgan fingerprint density at radius 1 is 1.13 bits per heavy atom. The lowest BCUT2D eigenvalue weighted by atomic mass is 10.3. The first-order valence-electron chi connectivity index (χ1n) is 7.76. The van der Waals surface area contributed by atoms with Gasteiger partial charge in [0.2, 0.25) is 5.91 Å². The van der Waals surface area contributed by atoms with Gasteiger partial charge in [-0.2, -0.15) is 0 Å². The molecule has 23 heavy (non-hydrogen) atoms. The Balaban J connectivity index is 2.62. The molecule has 0 aliphatic carbocycles. The van der Waals surface area contributed by atoms with Gasteiger partial charge in [0.25, 0.3) is 5.91 Å². The van der Waals surface area contributed by atoms with E-state index in [-0.39, 0.29) is 24.4 Å². The van der Waals surface area contributed by atoms with E-state index in [2.05, 4.69) is 5.32 Å². The Morgan fingerprint density at radius 2 is 1.70 bits per heavy atom. The van der Waals surface area contributed by atoms with E-state index in [0.29, 0.717) is 12.3 Å². The smallest absolute Gasteiger partial charge is 0.263 e. The molecule has 1 unspecified atom stereocenters. The number of hydrogen-bond donors (Lipinski definition) is 1. The van der Waals surface area contributed by atoms with Crippen molar-refractivity contribution in [1.29, 1.82) is 0 Å². The van der Waals surface area contributed by atoms with Crippen LogP contribution in [0.2, 0.25) is 0 Å². The van der Waals surface area contributed by atoms with E-state index >= 15 is 0 Å². The van der Waals surface area contributed by atoms with Gasteiger partial charge in [0.05, 0.1) is 13.7 Å². The average molecular weight is 322 g/mol.